The van der Waals surface area contributed by atoms with Gasteiger partial charge in [-0.1, -0.05) is 6.42 Å². The van der Waals surface area contributed by atoms with Crippen LogP contribution in [0.3, 0.4) is 0 Å². The highest BCUT2D eigenvalue weighted by molar-refractivity contribution is 6.32. The van der Waals surface area contributed by atoms with Gasteiger partial charge in [0.15, 0.2) is 34.7 Å². The molecule has 1 aromatic carbocycles. The maximum atomic E-state index is 14.2. The number of ketones is 4. The van der Waals surface area contributed by atoms with E-state index in [1.165, 1.54) is 24.2 Å². The number of amides is 1. The normalized spacial score (nSPS) is 34.0. The van der Waals surface area contributed by atoms with Crippen molar-refractivity contribution in [3.63, 3.8) is 0 Å². The van der Waals surface area contributed by atoms with E-state index in [0.29, 0.717) is 23.1 Å². The molecule has 1 spiro atoms. The number of benzene rings is 1. The van der Waals surface area contributed by atoms with E-state index in [1.54, 1.807) is 14.1 Å². The molecule has 6 rings (SSSR count). The zero-order valence-electron chi connectivity index (χ0n) is 24.0. The largest absolute Gasteiger partial charge is 0.507 e. The van der Waals surface area contributed by atoms with Crippen LogP contribution in [0.1, 0.15) is 47.2 Å². The highest BCUT2D eigenvalue weighted by atomic mass is 16.3. The van der Waals surface area contributed by atoms with Gasteiger partial charge >= 0.3 is 0 Å². The van der Waals surface area contributed by atoms with Crippen molar-refractivity contribution < 1.29 is 34.2 Å². The van der Waals surface area contributed by atoms with Gasteiger partial charge in [-0.2, -0.15) is 0 Å². The number of hydrogen-bond acceptors (Lipinski definition) is 10. The number of fused-ring (bicyclic) bond motifs is 3. The summed E-state index contributed by atoms with van der Waals surface area (Å²) in [6.07, 6.45) is 3.96. The van der Waals surface area contributed by atoms with Crippen molar-refractivity contribution in [2.24, 2.45) is 34.8 Å². The van der Waals surface area contributed by atoms with Gasteiger partial charge in [-0.15, -0.1) is 0 Å². The summed E-state index contributed by atoms with van der Waals surface area (Å²) >= 11 is 0. The molecular formula is C30H38N4O7. The fraction of sp³-hybridized carbons (Fsp3) is 0.633. The number of likely N-dealkylation sites (tertiary alicyclic amines) is 1. The van der Waals surface area contributed by atoms with Gasteiger partial charge < -0.3 is 20.8 Å². The maximum absolute atomic E-state index is 14.2. The second-order valence-corrected chi connectivity index (χ2v) is 13.4. The van der Waals surface area contributed by atoms with Crippen molar-refractivity contribution in [2.45, 2.75) is 50.3 Å². The minimum absolute atomic E-state index is 0.0368. The number of anilines is 1. The van der Waals surface area contributed by atoms with Crippen LogP contribution in [0.15, 0.2) is 6.07 Å². The summed E-state index contributed by atoms with van der Waals surface area (Å²) in [5.74, 6) is -10.2. The first-order chi connectivity index (χ1) is 19.2. The molecule has 1 aliphatic heterocycles. The van der Waals surface area contributed by atoms with E-state index in [4.69, 9.17) is 5.73 Å². The number of carbonyl (C=O) groups excluding carboxylic acids is 5. The van der Waals surface area contributed by atoms with E-state index >= 15 is 0 Å². The average Bonchev–Trinajstić information content (AvgIpc) is 2.82. The molecule has 1 saturated heterocycles. The van der Waals surface area contributed by atoms with Gasteiger partial charge in [0, 0.05) is 50.9 Å². The second kappa shape index (κ2) is 9.17. The number of likely N-dealkylation sites (N-methyl/N-ethyl adjacent to an activating group) is 1. The fourth-order valence-corrected chi connectivity index (χ4v) is 8.47. The van der Waals surface area contributed by atoms with Gasteiger partial charge in [0.1, 0.15) is 5.75 Å². The zero-order chi connectivity index (χ0) is 29.8. The summed E-state index contributed by atoms with van der Waals surface area (Å²) in [4.78, 5) is 72.7. The Morgan fingerprint density at radius 1 is 1.10 bits per heavy atom. The average molecular weight is 567 g/mol. The lowest BCUT2D eigenvalue weighted by atomic mass is 9.52. The van der Waals surface area contributed by atoms with Gasteiger partial charge in [-0.25, -0.2) is 0 Å². The summed E-state index contributed by atoms with van der Waals surface area (Å²) in [5, 5.41) is 23.2. The van der Waals surface area contributed by atoms with Crippen LogP contribution < -0.4 is 10.6 Å². The Morgan fingerprint density at radius 3 is 2.29 bits per heavy atom. The van der Waals surface area contributed by atoms with Crippen LogP contribution in [0.2, 0.25) is 0 Å². The van der Waals surface area contributed by atoms with Crippen molar-refractivity contribution in [3.05, 3.63) is 22.8 Å². The quantitative estimate of drug-likeness (QED) is 0.411. The zero-order valence-corrected chi connectivity index (χ0v) is 24.0. The Bertz CT molecular complexity index is 1390. The van der Waals surface area contributed by atoms with Crippen LogP contribution in [0.25, 0.3) is 0 Å². The Morgan fingerprint density at radius 2 is 1.76 bits per heavy atom. The van der Waals surface area contributed by atoms with E-state index in [-0.39, 0.29) is 24.2 Å². The molecule has 4 aliphatic carbocycles. The fourth-order valence-electron chi connectivity index (χ4n) is 8.47. The van der Waals surface area contributed by atoms with Crippen LogP contribution in [0, 0.1) is 29.1 Å². The van der Waals surface area contributed by atoms with Crippen LogP contribution in [0.4, 0.5) is 5.69 Å². The lowest BCUT2D eigenvalue weighted by Crippen LogP contribution is -2.74. The Labute approximate surface area is 238 Å². The molecule has 1 amide bonds. The minimum Gasteiger partial charge on any atom is -0.507 e. The predicted molar refractivity (Wildman–Crippen MR) is 147 cm³/mol. The molecule has 1 heterocycles. The monoisotopic (exact) mass is 566 g/mol. The van der Waals surface area contributed by atoms with Gasteiger partial charge in [0.2, 0.25) is 5.91 Å². The molecule has 41 heavy (non-hydrogen) atoms. The van der Waals surface area contributed by atoms with Gasteiger partial charge in [-0.05, 0) is 62.7 Å². The van der Waals surface area contributed by atoms with Crippen LogP contribution in [0.5, 0.6) is 5.75 Å². The van der Waals surface area contributed by atoms with Gasteiger partial charge in [0.05, 0.1) is 17.5 Å². The standard InChI is InChI=1S/C30H38N4O7/c1-32(2)18-10-15(11-34-12-29(13-34)6-5-7-29)23(35)20-16(18)8-14-9-17-22(33(3)4)25(37)21(28(31)40)27(39)30(17,41)26(38)19(14)24(20)36/h10,14,17,19,21-22,35,41H,5-9,11-13H2,1-4H3,(H2,31,40)/t14-,17-,19?,21?,22-,30-/m0/s1. The van der Waals surface area contributed by atoms with Crippen LogP contribution >= 0.6 is 0 Å². The minimum atomic E-state index is -2.72. The molecule has 3 saturated carbocycles. The van der Waals surface area contributed by atoms with E-state index in [0.717, 1.165) is 18.8 Å². The molecule has 0 aromatic heterocycles. The lowest BCUT2D eigenvalue weighted by Gasteiger charge is -2.56. The van der Waals surface area contributed by atoms with Crippen molar-refractivity contribution >= 4 is 34.7 Å². The lowest BCUT2D eigenvalue weighted by molar-refractivity contribution is -0.181. The number of Topliss-reactive ketones (excluding diaryl/α,β-unsaturated/α-hetero) is 4. The number of primary amides is 1. The summed E-state index contributed by atoms with van der Waals surface area (Å²) in [5.41, 5.74) is 5.09. The summed E-state index contributed by atoms with van der Waals surface area (Å²) in [6, 6.07) is 0.790. The molecule has 0 radical (unpaired) electrons. The molecule has 11 nitrogen and oxygen atoms in total. The second-order valence-electron chi connectivity index (χ2n) is 13.4. The van der Waals surface area contributed by atoms with Crippen molar-refractivity contribution in [1.29, 1.82) is 0 Å². The molecule has 0 bridgehead atoms. The number of phenols is 1. The third-order valence-corrected chi connectivity index (χ3v) is 10.5. The molecule has 4 N–H and O–H groups in total. The predicted octanol–water partition coefficient (Wildman–Crippen LogP) is -0.0811. The smallest absolute Gasteiger partial charge is 0.235 e. The van der Waals surface area contributed by atoms with Gasteiger partial charge in [0.25, 0.3) is 0 Å². The first-order valence-electron chi connectivity index (χ1n) is 14.3. The van der Waals surface area contributed by atoms with E-state index < -0.39 is 64.4 Å². The summed E-state index contributed by atoms with van der Waals surface area (Å²) < 4.78 is 0. The third-order valence-electron chi connectivity index (χ3n) is 10.5. The van der Waals surface area contributed by atoms with Crippen molar-refractivity contribution in [1.82, 2.24) is 9.80 Å². The number of hydrogen-bond donors (Lipinski definition) is 3. The summed E-state index contributed by atoms with van der Waals surface area (Å²) in [7, 11) is 6.86. The maximum Gasteiger partial charge on any atom is 0.235 e. The number of carbonyl (C=O) groups is 5. The number of rotatable bonds is 5. The molecular weight excluding hydrogens is 528 g/mol. The van der Waals surface area contributed by atoms with E-state index in [2.05, 4.69) is 4.90 Å². The third kappa shape index (κ3) is 3.78. The SMILES string of the molecule is CN(C)c1cc(CN2CC3(CCC3)C2)c(O)c2c1C[C@H]1C[C@H]3[C@H](N(C)C)C(=O)C(C(N)=O)C(=O)[C@@]3(O)C(=O)C1C2=O. The van der Waals surface area contributed by atoms with Crippen molar-refractivity contribution in [3.8, 4) is 5.75 Å². The Balaban J connectivity index is 1.41. The molecule has 2 unspecified atom stereocenters. The van der Waals surface area contributed by atoms with Crippen LogP contribution in [-0.4, -0.2) is 102 Å². The van der Waals surface area contributed by atoms with E-state index in [1.807, 2.05) is 25.1 Å². The molecule has 220 valence electrons. The molecule has 4 fully saturated rings. The summed E-state index contributed by atoms with van der Waals surface area (Å²) in [6.45, 7) is 2.36. The number of nitrogens with zero attached hydrogens (tertiary/aromatic N) is 3. The first-order valence-corrected chi connectivity index (χ1v) is 14.3. The van der Waals surface area contributed by atoms with E-state index in [9.17, 15) is 34.2 Å². The Kier molecular flexibility index (Phi) is 6.26. The number of aromatic hydroxyl groups is 1. The molecule has 5 aliphatic rings. The number of aliphatic hydroxyl groups is 1. The Hall–Kier alpha value is -3.15. The highest BCUT2D eigenvalue weighted by Crippen LogP contribution is 2.53. The van der Waals surface area contributed by atoms with Gasteiger partial charge in [-0.3, -0.25) is 33.8 Å². The topological polar surface area (TPSA) is 162 Å². The molecule has 6 atom stereocenters. The molecule has 1 aromatic rings. The first kappa shape index (κ1) is 28.0. The molecule has 11 heteroatoms. The van der Waals surface area contributed by atoms with Crippen molar-refractivity contribution in [2.75, 3.05) is 46.2 Å². The number of phenolic OH excluding ortho intramolecular Hbond substituents is 1. The number of nitrogens with two attached hydrogens (primary N) is 1. The van der Waals surface area contributed by atoms with Crippen LogP contribution in [-0.2, 0) is 32.1 Å². The highest BCUT2D eigenvalue weighted by Gasteiger charge is 2.69.